The minimum Gasteiger partial charge on any atom is -0.507 e. The molecule has 28 heavy (non-hydrogen) atoms. The number of ketones is 1. The van der Waals surface area contributed by atoms with Gasteiger partial charge in [0.2, 0.25) is 0 Å². The molecule has 0 unspecified atom stereocenters. The quantitative estimate of drug-likeness (QED) is 0.454. The van der Waals surface area contributed by atoms with Crippen LogP contribution in [0.3, 0.4) is 0 Å². The fourth-order valence-electron chi connectivity index (χ4n) is 3.48. The topological polar surface area (TPSA) is 75.2 Å². The van der Waals surface area contributed by atoms with Gasteiger partial charge in [-0.1, -0.05) is 29.8 Å². The van der Waals surface area contributed by atoms with Gasteiger partial charge in [-0.2, -0.15) is 0 Å². The third-order valence-corrected chi connectivity index (χ3v) is 4.97. The normalized spacial score (nSPS) is 19.0. The van der Waals surface area contributed by atoms with E-state index in [0.29, 0.717) is 23.6 Å². The molecule has 6 nitrogen and oxygen atoms in total. The molecule has 3 rings (SSSR count). The Kier molecular flexibility index (Phi) is 5.70. The molecular formula is C22H27N2O4+. The molecule has 1 fully saturated rings. The number of furan rings is 1. The summed E-state index contributed by atoms with van der Waals surface area (Å²) in [6, 6.07) is 10.1. The predicted molar refractivity (Wildman–Crippen MR) is 106 cm³/mol. The first-order valence-electron chi connectivity index (χ1n) is 9.50. The van der Waals surface area contributed by atoms with Crippen LogP contribution < -0.4 is 4.90 Å². The van der Waals surface area contributed by atoms with Crippen molar-refractivity contribution in [2.24, 2.45) is 0 Å². The molecule has 0 radical (unpaired) electrons. The summed E-state index contributed by atoms with van der Waals surface area (Å²) in [6.45, 7) is 5.04. The lowest BCUT2D eigenvalue weighted by molar-refractivity contribution is -0.858. The average molecular weight is 383 g/mol. The molecule has 1 aromatic carbocycles. The van der Waals surface area contributed by atoms with E-state index in [0.717, 1.165) is 18.5 Å². The van der Waals surface area contributed by atoms with E-state index in [9.17, 15) is 14.7 Å². The van der Waals surface area contributed by atoms with E-state index in [2.05, 4.69) is 0 Å². The maximum absolute atomic E-state index is 12.8. The number of aryl methyl sites for hydroxylation is 2. The maximum atomic E-state index is 12.8. The molecule has 0 spiro atoms. The number of likely N-dealkylation sites (tertiary alicyclic amines) is 1. The molecule has 1 atom stereocenters. The van der Waals surface area contributed by atoms with Gasteiger partial charge in [0.15, 0.2) is 0 Å². The molecule has 1 aromatic heterocycles. The molecule has 1 amide bonds. The van der Waals surface area contributed by atoms with Gasteiger partial charge < -0.3 is 19.3 Å². The van der Waals surface area contributed by atoms with Gasteiger partial charge in [0.25, 0.3) is 11.7 Å². The second kappa shape index (κ2) is 8.02. The Morgan fingerprint density at radius 3 is 2.36 bits per heavy atom. The number of hydrogen-bond donors (Lipinski definition) is 2. The number of hydrogen-bond acceptors (Lipinski definition) is 4. The second-order valence-corrected chi connectivity index (χ2v) is 7.62. The molecule has 1 aliphatic rings. The van der Waals surface area contributed by atoms with Crippen molar-refractivity contribution in [1.82, 2.24) is 4.90 Å². The Morgan fingerprint density at radius 1 is 1.11 bits per heavy atom. The van der Waals surface area contributed by atoms with Gasteiger partial charge in [-0.25, -0.2) is 0 Å². The maximum Gasteiger partial charge on any atom is 0.295 e. The number of Topliss-reactive ketones (excluding diaryl/α,β-unsaturated/α-hetero) is 1. The lowest BCUT2D eigenvalue weighted by Crippen LogP contribution is -3.05. The van der Waals surface area contributed by atoms with Crippen molar-refractivity contribution in [2.45, 2.75) is 26.3 Å². The Bertz CT molecular complexity index is 909. The molecule has 6 heteroatoms. The van der Waals surface area contributed by atoms with Crippen LogP contribution in [-0.2, 0) is 9.59 Å². The first-order valence-corrected chi connectivity index (χ1v) is 9.50. The molecule has 2 heterocycles. The number of carbonyl (C=O) groups excluding carboxylic acids is 2. The van der Waals surface area contributed by atoms with Crippen molar-refractivity contribution in [1.29, 1.82) is 0 Å². The van der Waals surface area contributed by atoms with Gasteiger partial charge in [-0.05, 0) is 26.0 Å². The van der Waals surface area contributed by atoms with Crippen LogP contribution >= 0.6 is 0 Å². The number of nitrogens with zero attached hydrogens (tertiary/aromatic N) is 1. The van der Waals surface area contributed by atoms with Crippen molar-refractivity contribution in [3.63, 3.8) is 0 Å². The molecule has 148 valence electrons. The zero-order chi connectivity index (χ0) is 20.4. The average Bonchev–Trinajstić information content (AvgIpc) is 3.18. The third kappa shape index (κ3) is 3.87. The summed E-state index contributed by atoms with van der Waals surface area (Å²) in [4.78, 5) is 28.4. The number of rotatable bonds is 6. The SMILES string of the molecule is Cc1ccc(C(O)=C2C(=O)C(=O)N(CCC[NH+](C)C)[C@H]2c2ccc(C)o2)cc1. The van der Waals surface area contributed by atoms with Gasteiger partial charge >= 0.3 is 0 Å². The van der Waals surface area contributed by atoms with E-state index in [4.69, 9.17) is 4.42 Å². The van der Waals surface area contributed by atoms with Crippen molar-refractivity contribution < 1.29 is 24.0 Å². The summed E-state index contributed by atoms with van der Waals surface area (Å²) in [5.74, 6) is -0.259. The van der Waals surface area contributed by atoms with Crippen LogP contribution in [0.1, 0.15) is 35.1 Å². The highest BCUT2D eigenvalue weighted by Gasteiger charge is 2.47. The van der Waals surface area contributed by atoms with Gasteiger partial charge in [-0.3, -0.25) is 9.59 Å². The molecule has 2 aromatic rings. The smallest absolute Gasteiger partial charge is 0.295 e. The van der Waals surface area contributed by atoms with Crippen molar-refractivity contribution >= 4 is 17.4 Å². The van der Waals surface area contributed by atoms with Crippen molar-refractivity contribution in [3.8, 4) is 0 Å². The van der Waals surface area contributed by atoms with Crippen LogP contribution in [0.4, 0.5) is 0 Å². The molecule has 1 saturated heterocycles. The largest absolute Gasteiger partial charge is 0.507 e. The minimum absolute atomic E-state index is 0.0837. The fraction of sp³-hybridized carbons (Fsp3) is 0.364. The van der Waals surface area contributed by atoms with Gasteiger partial charge in [-0.15, -0.1) is 0 Å². The summed E-state index contributed by atoms with van der Waals surface area (Å²) >= 11 is 0. The number of carbonyl (C=O) groups is 2. The van der Waals surface area contributed by atoms with Gasteiger partial charge in [0.05, 0.1) is 26.2 Å². The number of quaternary nitrogens is 1. The Balaban J connectivity index is 2.05. The lowest BCUT2D eigenvalue weighted by Gasteiger charge is -2.23. The molecular weight excluding hydrogens is 356 g/mol. The summed E-state index contributed by atoms with van der Waals surface area (Å²) in [5.41, 5.74) is 1.64. The Labute approximate surface area is 165 Å². The molecule has 2 N–H and O–H groups in total. The molecule has 0 bridgehead atoms. The summed E-state index contributed by atoms with van der Waals surface area (Å²) < 4.78 is 5.76. The second-order valence-electron chi connectivity index (χ2n) is 7.62. The van der Waals surface area contributed by atoms with Crippen molar-refractivity contribution in [3.05, 3.63) is 64.6 Å². The first kappa shape index (κ1) is 19.9. The van der Waals surface area contributed by atoms with Crippen molar-refractivity contribution in [2.75, 3.05) is 27.2 Å². The van der Waals surface area contributed by atoms with E-state index < -0.39 is 17.7 Å². The molecule has 0 saturated carbocycles. The van der Waals surface area contributed by atoms with Crippen LogP contribution in [0.25, 0.3) is 5.76 Å². The summed E-state index contributed by atoms with van der Waals surface area (Å²) in [6.07, 6.45) is 0.746. The van der Waals surface area contributed by atoms with Crippen LogP contribution in [0.5, 0.6) is 0 Å². The number of benzene rings is 1. The number of nitrogens with one attached hydrogen (secondary N) is 1. The van der Waals surface area contributed by atoms with Gasteiger partial charge in [0.1, 0.15) is 23.3 Å². The number of amides is 1. The standard InChI is InChI=1S/C22H26N2O4/c1-14-6-9-16(10-7-14)20(25)18-19(17-11-8-15(2)28-17)24(22(27)21(18)26)13-5-12-23(3)4/h6-11,19,25H,5,12-13H2,1-4H3/p+1/t19-/m0/s1. The fourth-order valence-corrected chi connectivity index (χ4v) is 3.48. The highest BCUT2D eigenvalue weighted by Crippen LogP contribution is 2.39. The van der Waals surface area contributed by atoms with E-state index in [-0.39, 0.29) is 11.3 Å². The number of aliphatic hydroxyl groups excluding tert-OH is 1. The third-order valence-electron chi connectivity index (χ3n) is 4.97. The van der Waals surface area contributed by atoms with E-state index in [1.54, 1.807) is 24.3 Å². The molecule has 1 aliphatic heterocycles. The number of aliphatic hydroxyl groups is 1. The van der Waals surface area contributed by atoms with E-state index in [1.807, 2.05) is 40.1 Å². The first-order chi connectivity index (χ1) is 13.3. The zero-order valence-electron chi connectivity index (χ0n) is 16.8. The lowest BCUT2D eigenvalue weighted by atomic mass is 9.99. The highest BCUT2D eigenvalue weighted by atomic mass is 16.3. The molecule has 0 aliphatic carbocycles. The van der Waals surface area contributed by atoms with E-state index >= 15 is 0 Å². The zero-order valence-corrected chi connectivity index (χ0v) is 16.8. The van der Waals surface area contributed by atoms with E-state index in [1.165, 1.54) is 9.80 Å². The van der Waals surface area contributed by atoms with Crippen LogP contribution in [0.15, 0.2) is 46.4 Å². The Morgan fingerprint density at radius 2 is 1.79 bits per heavy atom. The van der Waals surface area contributed by atoms with Crippen LogP contribution in [0, 0.1) is 13.8 Å². The highest BCUT2D eigenvalue weighted by molar-refractivity contribution is 6.46. The van der Waals surface area contributed by atoms with Crippen LogP contribution in [0.2, 0.25) is 0 Å². The summed E-state index contributed by atoms with van der Waals surface area (Å²) in [7, 11) is 4.08. The summed E-state index contributed by atoms with van der Waals surface area (Å²) in [5, 5.41) is 10.9. The van der Waals surface area contributed by atoms with Gasteiger partial charge in [0, 0.05) is 18.5 Å². The Hall–Kier alpha value is -2.86. The monoisotopic (exact) mass is 383 g/mol. The minimum atomic E-state index is -0.716. The predicted octanol–water partition coefficient (Wildman–Crippen LogP) is 1.85. The van der Waals surface area contributed by atoms with Crippen LogP contribution in [-0.4, -0.2) is 48.9 Å².